The molecule has 1 saturated heterocycles. The van der Waals surface area contributed by atoms with Gasteiger partial charge in [0.05, 0.1) is 25.6 Å². The van der Waals surface area contributed by atoms with E-state index in [1.54, 1.807) is 19.1 Å². The highest BCUT2D eigenvalue weighted by Gasteiger charge is 2.41. The summed E-state index contributed by atoms with van der Waals surface area (Å²) >= 11 is 0. The summed E-state index contributed by atoms with van der Waals surface area (Å²) in [6.45, 7) is 1.10. The van der Waals surface area contributed by atoms with E-state index in [9.17, 15) is 48.9 Å². The fourth-order valence-electron chi connectivity index (χ4n) is 5.57. The van der Waals surface area contributed by atoms with Gasteiger partial charge in [-0.2, -0.15) is 9.29 Å². The number of nitrogens with zero attached hydrogens (tertiary/aromatic N) is 6. The van der Waals surface area contributed by atoms with Crippen LogP contribution in [0.4, 0.5) is 5.82 Å². The Balaban J connectivity index is 1.06. The summed E-state index contributed by atoms with van der Waals surface area (Å²) in [5.41, 5.74) is 6.69. The number of hydrogen-bond donors (Lipinski definition) is 9. The van der Waals surface area contributed by atoms with E-state index < -0.39 is 83.4 Å². The van der Waals surface area contributed by atoms with Crippen molar-refractivity contribution in [2.45, 2.75) is 63.6 Å². The molecular formula is C27H34N9O14P2+. The predicted octanol–water partition coefficient (Wildman–Crippen LogP) is -1.93. The van der Waals surface area contributed by atoms with E-state index in [1.165, 1.54) is 21.8 Å². The van der Waals surface area contributed by atoms with E-state index >= 15 is 0 Å². The first-order valence-corrected chi connectivity index (χ1v) is 18.4. The average Bonchev–Trinajstić information content (AvgIpc) is 3.67. The second-order valence-electron chi connectivity index (χ2n) is 12.0. The number of phosphoric ester groups is 2. The molecule has 52 heavy (non-hydrogen) atoms. The lowest BCUT2D eigenvalue weighted by Gasteiger charge is -2.24. The second-order valence-corrected chi connectivity index (χ2v) is 15.0. The van der Waals surface area contributed by atoms with E-state index in [-0.39, 0.29) is 28.9 Å². The van der Waals surface area contributed by atoms with Gasteiger partial charge >= 0.3 is 27.0 Å². The van der Waals surface area contributed by atoms with Crippen molar-refractivity contribution in [1.82, 2.24) is 34.5 Å². The molecule has 0 spiro atoms. The normalized spacial score (nSPS) is 22.0. The van der Waals surface area contributed by atoms with Crippen LogP contribution in [0.25, 0.3) is 33.4 Å². The van der Waals surface area contributed by atoms with Gasteiger partial charge in [0.1, 0.15) is 54.5 Å². The van der Waals surface area contributed by atoms with Crippen molar-refractivity contribution in [3.05, 3.63) is 56.8 Å². The molecule has 0 saturated carbocycles. The highest BCUT2D eigenvalue weighted by Crippen LogP contribution is 2.60. The van der Waals surface area contributed by atoms with Crippen molar-refractivity contribution >= 4 is 54.8 Å². The second kappa shape index (κ2) is 14.4. The maximum atomic E-state index is 12.5. The number of aliphatic hydroxyl groups is 4. The third-order valence-corrected chi connectivity index (χ3v) is 11.0. The number of nitrogens with two attached hydrogens (primary N) is 1. The predicted molar refractivity (Wildman–Crippen MR) is 175 cm³/mol. The number of fused-ring (bicyclic) bond motifs is 3. The van der Waals surface area contributed by atoms with Gasteiger partial charge in [-0.1, -0.05) is 0 Å². The molecule has 10 N–H and O–H groups in total. The van der Waals surface area contributed by atoms with Crippen LogP contribution in [0.1, 0.15) is 23.8 Å². The monoisotopic (exact) mass is 770 g/mol. The largest absolute Gasteiger partial charge is 0.481 e. The van der Waals surface area contributed by atoms with Crippen molar-refractivity contribution in [1.29, 1.82) is 0 Å². The van der Waals surface area contributed by atoms with Crippen molar-refractivity contribution < 1.29 is 62.0 Å². The van der Waals surface area contributed by atoms with Gasteiger partial charge in [0.2, 0.25) is 5.52 Å². The SMILES string of the molecule is Cc1cc2nc3c(=O)[nH]c(=O)[nH]c3[n+](C[C@H](O)[C@H](O)[C@H](O)COP(=O)(O)OP(=O)(O)OC[C@H]3O[C@@H](n4cnc5c(N)ncnc54)C[C@@H]3O)c2cc1C. The number of aryl methyl sites for hydroxylation is 2. The minimum Gasteiger partial charge on any atom is -0.390 e. The first-order chi connectivity index (χ1) is 24.4. The molecule has 0 radical (unpaired) electrons. The zero-order valence-electron chi connectivity index (χ0n) is 27.2. The number of hydrogen-bond acceptors (Lipinski definition) is 17. The summed E-state index contributed by atoms with van der Waals surface area (Å²) < 4.78 is 47.1. The summed E-state index contributed by atoms with van der Waals surface area (Å²) in [5, 5.41) is 42.5. The number of rotatable bonds is 13. The Hall–Kier alpha value is -4.09. The maximum absolute atomic E-state index is 12.5. The van der Waals surface area contributed by atoms with Gasteiger partial charge in [-0.15, -0.1) is 0 Å². The van der Waals surface area contributed by atoms with Crippen molar-refractivity contribution in [2.75, 3.05) is 18.9 Å². The Morgan fingerprint density at radius 2 is 1.75 bits per heavy atom. The van der Waals surface area contributed by atoms with Gasteiger partial charge in [-0.3, -0.25) is 23.4 Å². The number of aliphatic hydroxyl groups excluding tert-OH is 4. The molecule has 1 fully saturated rings. The van der Waals surface area contributed by atoms with E-state index in [2.05, 4.69) is 38.7 Å². The van der Waals surface area contributed by atoms with Crippen LogP contribution in [-0.2, 0) is 33.8 Å². The molecule has 6 rings (SSSR count). The van der Waals surface area contributed by atoms with E-state index in [0.717, 1.165) is 11.1 Å². The standard InChI is InChI=1S/C27H33N9O14P2/c1-11-3-13-14(4-12(11)2)35(25-21(32-13)26(41)34-27(42)33-25)6-16(38)22(40)17(39)7-47-51(43,44)50-52(45,46)48-8-18-15(37)5-19(49-18)36-10-31-20-23(28)29-9-30-24(20)36/h3-4,9-10,15-19,22,37-40H,5-8H2,1-2H3,(H5,28,29,30,34,41,42,43,44,45,46)/p+1/t15-,16-,17+,18+,19+,22-/m0/s1. The summed E-state index contributed by atoms with van der Waals surface area (Å²) in [7, 11) is -10.9. The topological polar surface area (TPSA) is 345 Å². The lowest BCUT2D eigenvalue weighted by Crippen LogP contribution is -2.51. The highest BCUT2D eigenvalue weighted by atomic mass is 31.3. The zero-order valence-corrected chi connectivity index (χ0v) is 29.0. The molecule has 25 heteroatoms. The van der Waals surface area contributed by atoms with Gasteiger partial charge in [0, 0.05) is 6.42 Å². The molecule has 1 aliphatic rings. The number of aromatic nitrogens is 8. The van der Waals surface area contributed by atoms with Crippen LogP contribution in [0, 0.1) is 13.8 Å². The van der Waals surface area contributed by atoms with Crippen molar-refractivity contribution in [3.8, 4) is 0 Å². The molecule has 1 aromatic carbocycles. The number of nitrogens with one attached hydrogen (secondary N) is 2. The fourth-order valence-corrected chi connectivity index (χ4v) is 7.67. The Bertz CT molecular complexity index is 2370. The zero-order chi connectivity index (χ0) is 37.7. The van der Waals surface area contributed by atoms with Gasteiger partial charge in [0.15, 0.2) is 17.0 Å². The summed E-state index contributed by atoms with van der Waals surface area (Å²) in [5.74, 6) is 0.114. The van der Waals surface area contributed by atoms with Crippen molar-refractivity contribution in [2.24, 2.45) is 0 Å². The molecule has 0 amide bonds. The number of ether oxygens (including phenoxy) is 1. The van der Waals surface area contributed by atoms with Gasteiger partial charge in [-0.05, 0) is 37.1 Å². The van der Waals surface area contributed by atoms with Crippen LogP contribution in [0.2, 0.25) is 0 Å². The number of nitrogen functional groups attached to an aromatic ring is 1. The van der Waals surface area contributed by atoms with E-state index in [1.807, 2.05) is 6.92 Å². The Labute approximate surface area is 290 Å². The lowest BCUT2D eigenvalue weighted by molar-refractivity contribution is -0.657. The van der Waals surface area contributed by atoms with Crippen LogP contribution in [0.15, 0.2) is 34.4 Å². The minimum atomic E-state index is -5.48. The maximum Gasteiger partial charge on any atom is 0.481 e. The smallest absolute Gasteiger partial charge is 0.390 e. The molecule has 8 atom stereocenters. The Morgan fingerprint density at radius 3 is 2.50 bits per heavy atom. The van der Waals surface area contributed by atoms with Gasteiger partial charge in [-0.25, -0.2) is 38.4 Å². The summed E-state index contributed by atoms with van der Waals surface area (Å²) in [6.07, 6.45) is -6.74. The Morgan fingerprint density at radius 1 is 1.04 bits per heavy atom. The molecular weight excluding hydrogens is 736 g/mol. The quantitative estimate of drug-likeness (QED) is 0.0358. The van der Waals surface area contributed by atoms with E-state index in [4.69, 9.17) is 15.0 Å². The summed E-state index contributed by atoms with van der Waals surface area (Å²) in [6, 6.07) is 3.35. The highest BCUT2D eigenvalue weighted by molar-refractivity contribution is 7.61. The number of benzene rings is 1. The van der Waals surface area contributed by atoms with Crippen LogP contribution in [0.3, 0.4) is 0 Å². The summed E-state index contributed by atoms with van der Waals surface area (Å²) in [4.78, 5) is 65.6. The molecule has 5 heterocycles. The van der Waals surface area contributed by atoms with Crippen molar-refractivity contribution in [3.63, 3.8) is 0 Å². The molecule has 2 unspecified atom stereocenters. The molecule has 23 nitrogen and oxygen atoms in total. The molecule has 4 aromatic heterocycles. The molecule has 0 bridgehead atoms. The van der Waals surface area contributed by atoms with Crippen LogP contribution >= 0.6 is 15.6 Å². The third-order valence-electron chi connectivity index (χ3n) is 8.36. The number of aromatic amines is 2. The van der Waals surface area contributed by atoms with Gasteiger partial charge < -0.3 is 40.7 Å². The first-order valence-electron chi connectivity index (χ1n) is 15.4. The average molecular weight is 771 g/mol. The third kappa shape index (κ3) is 7.81. The first kappa shape index (κ1) is 37.7. The molecule has 1 aliphatic heterocycles. The number of imidazole rings is 1. The van der Waals surface area contributed by atoms with Crippen LogP contribution in [0.5, 0.6) is 0 Å². The van der Waals surface area contributed by atoms with Crippen LogP contribution in [-0.4, -0.2) is 108 Å². The Kier molecular flexibility index (Phi) is 10.4. The van der Waals surface area contributed by atoms with Crippen LogP contribution < -0.4 is 21.5 Å². The molecule has 0 aliphatic carbocycles. The number of anilines is 1. The molecule has 5 aromatic rings. The minimum absolute atomic E-state index is 0.0186. The lowest BCUT2D eigenvalue weighted by atomic mass is 10.1. The number of H-pyrrole nitrogens is 2. The van der Waals surface area contributed by atoms with Gasteiger partial charge in [0.25, 0.3) is 5.56 Å². The fraction of sp³-hybridized carbons (Fsp3) is 0.444. The number of phosphoric acid groups is 2. The van der Waals surface area contributed by atoms with E-state index in [0.29, 0.717) is 16.7 Å². The molecule has 280 valence electrons.